The number of para-hydroxylation sites is 1. The maximum absolute atomic E-state index is 11.8. The Bertz CT molecular complexity index is 561. The normalized spacial score (nSPS) is 11.4. The summed E-state index contributed by atoms with van der Waals surface area (Å²) in [6, 6.07) is 3.86. The molecule has 0 radical (unpaired) electrons. The number of benzene rings is 1. The molecule has 0 aromatic heterocycles. The Hall–Kier alpha value is -2.09. The number of carbonyl (C=O) groups is 3. The van der Waals surface area contributed by atoms with Gasteiger partial charge in [-0.05, 0) is 41.9 Å². The highest BCUT2D eigenvalue weighted by Crippen LogP contribution is 2.30. The molecule has 0 saturated heterocycles. The Labute approximate surface area is 129 Å². The molecule has 3 N–H and O–H groups in total. The summed E-state index contributed by atoms with van der Waals surface area (Å²) in [5, 5.41) is 13.6. The minimum atomic E-state index is -1.18. The Balaban J connectivity index is 2.84. The van der Waals surface area contributed by atoms with Crippen molar-refractivity contribution in [3.05, 3.63) is 28.2 Å². The molecule has 7 nitrogen and oxygen atoms in total. The van der Waals surface area contributed by atoms with Crippen LogP contribution < -0.4 is 15.4 Å². The van der Waals surface area contributed by atoms with E-state index in [2.05, 4.69) is 26.6 Å². The second-order valence-electron chi connectivity index (χ2n) is 4.03. The zero-order valence-electron chi connectivity index (χ0n) is 11.5. The van der Waals surface area contributed by atoms with Crippen molar-refractivity contribution >= 4 is 33.8 Å². The van der Waals surface area contributed by atoms with Crippen LogP contribution in [0.2, 0.25) is 0 Å². The molecule has 0 bridgehead atoms. The lowest BCUT2D eigenvalue weighted by Crippen LogP contribution is -2.45. The summed E-state index contributed by atoms with van der Waals surface area (Å²) in [5.74, 6) is -1.82. The molecule has 0 spiro atoms. The number of ether oxygens (including phenoxy) is 1. The first-order valence-corrected chi connectivity index (χ1v) is 6.93. The van der Waals surface area contributed by atoms with Crippen molar-refractivity contribution in [2.45, 2.75) is 20.0 Å². The van der Waals surface area contributed by atoms with Crippen LogP contribution >= 0.6 is 15.9 Å². The molecule has 0 aliphatic rings. The first kappa shape index (κ1) is 17.0. The smallest absolute Gasteiger partial charge is 0.339 e. The molecule has 1 unspecified atom stereocenters. The lowest BCUT2D eigenvalue weighted by Gasteiger charge is -2.16. The topological polar surface area (TPSA) is 105 Å². The van der Waals surface area contributed by atoms with Crippen molar-refractivity contribution in [1.29, 1.82) is 0 Å². The van der Waals surface area contributed by atoms with Crippen LogP contribution in [0.3, 0.4) is 0 Å². The lowest BCUT2D eigenvalue weighted by atomic mass is 10.2. The van der Waals surface area contributed by atoms with Crippen LogP contribution in [0.1, 0.15) is 24.2 Å². The van der Waals surface area contributed by atoms with Crippen molar-refractivity contribution in [2.75, 3.05) is 6.54 Å². The molecule has 8 heteroatoms. The zero-order chi connectivity index (χ0) is 16.0. The number of aromatic carboxylic acids is 1. The fourth-order valence-electron chi connectivity index (χ4n) is 1.45. The Kier molecular flexibility index (Phi) is 6.16. The molecule has 114 valence electrons. The maximum atomic E-state index is 11.8. The van der Waals surface area contributed by atoms with E-state index in [1.165, 1.54) is 13.0 Å². The number of carboxylic acid groups (broad SMARTS) is 1. The number of urea groups is 1. The predicted molar refractivity (Wildman–Crippen MR) is 78.4 cm³/mol. The van der Waals surface area contributed by atoms with Crippen LogP contribution in [0, 0.1) is 0 Å². The highest BCUT2D eigenvalue weighted by Gasteiger charge is 2.22. The minimum absolute atomic E-state index is 0.0311. The van der Waals surface area contributed by atoms with Gasteiger partial charge >= 0.3 is 12.0 Å². The van der Waals surface area contributed by atoms with Crippen molar-refractivity contribution in [2.24, 2.45) is 0 Å². The van der Waals surface area contributed by atoms with Crippen LogP contribution in [0.15, 0.2) is 22.7 Å². The molecular weight excluding hydrogens is 344 g/mol. The summed E-state index contributed by atoms with van der Waals surface area (Å²) < 4.78 is 5.76. The molecule has 3 amide bonds. The van der Waals surface area contributed by atoms with E-state index < -0.39 is 24.0 Å². The molecule has 0 aliphatic carbocycles. The number of hydrogen-bond acceptors (Lipinski definition) is 4. The number of carbonyl (C=O) groups excluding carboxylic acids is 2. The van der Waals surface area contributed by atoms with Crippen molar-refractivity contribution < 1.29 is 24.2 Å². The second-order valence-corrected chi connectivity index (χ2v) is 4.88. The van der Waals surface area contributed by atoms with Gasteiger partial charge in [-0.15, -0.1) is 0 Å². The minimum Gasteiger partial charge on any atom is -0.479 e. The summed E-state index contributed by atoms with van der Waals surface area (Å²) in [4.78, 5) is 34.1. The fraction of sp³-hybridized carbons (Fsp3) is 0.308. The maximum Gasteiger partial charge on any atom is 0.339 e. The van der Waals surface area contributed by atoms with E-state index in [9.17, 15) is 14.4 Å². The van der Waals surface area contributed by atoms with Gasteiger partial charge in [0.15, 0.2) is 6.10 Å². The molecule has 1 aromatic rings. The van der Waals surface area contributed by atoms with Crippen LogP contribution in [0.4, 0.5) is 4.79 Å². The summed E-state index contributed by atoms with van der Waals surface area (Å²) in [5.41, 5.74) is -0.0814. The lowest BCUT2D eigenvalue weighted by molar-refractivity contribution is -0.126. The average Bonchev–Trinajstić information content (AvgIpc) is 2.40. The first-order chi connectivity index (χ1) is 9.86. The van der Waals surface area contributed by atoms with Crippen LogP contribution in [-0.4, -0.2) is 35.7 Å². The van der Waals surface area contributed by atoms with Gasteiger partial charge in [-0.25, -0.2) is 9.59 Å². The van der Waals surface area contributed by atoms with Crippen molar-refractivity contribution in [3.8, 4) is 5.75 Å². The number of imide groups is 1. The Morgan fingerprint density at radius 1 is 1.38 bits per heavy atom. The molecule has 0 aliphatic heterocycles. The van der Waals surface area contributed by atoms with Gasteiger partial charge in [-0.3, -0.25) is 10.1 Å². The van der Waals surface area contributed by atoms with Gasteiger partial charge in [0.05, 0.1) is 4.47 Å². The van der Waals surface area contributed by atoms with E-state index in [-0.39, 0.29) is 11.3 Å². The molecule has 0 saturated carbocycles. The highest BCUT2D eigenvalue weighted by atomic mass is 79.9. The van der Waals surface area contributed by atoms with E-state index in [4.69, 9.17) is 9.84 Å². The number of carboxylic acids is 1. The molecule has 0 fully saturated rings. The van der Waals surface area contributed by atoms with E-state index in [1.807, 2.05) is 0 Å². The van der Waals surface area contributed by atoms with Crippen LogP contribution in [0.5, 0.6) is 5.75 Å². The summed E-state index contributed by atoms with van der Waals surface area (Å²) >= 11 is 3.17. The zero-order valence-corrected chi connectivity index (χ0v) is 13.1. The summed E-state index contributed by atoms with van der Waals surface area (Å²) in [7, 11) is 0. The van der Waals surface area contributed by atoms with Gasteiger partial charge in [0, 0.05) is 6.54 Å². The SMILES string of the molecule is CCNC(=O)NC(=O)C(C)Oc1c(Br)cccc1C(=O)O. The summed E-state index contributed by atoms with van der Waals surface area (Å²) in [6.07, 6.45) is -1.04. The van der Waals surface area contributed by atoms with Gasteiger partial charge in [0.25, 0.3) is 5.91 Å². The average molecular weight is 359 g/mol. The van der Waals surface area contributed by atoms with Crippen LogP contribution in [0.25, 0.3) is 0 Å². The van der Waals surface area contributed by atoms with E-state index in [0.717, 1.165) is 0 Å². The van der Waals surface area contributed by atoms with Crippen molar-refractivity contribution in [1.82, 2.24) is 10.6 Å². The number of amides is 3. The standard InChI is InChI=1S/C13H15BrN2O5/c1-3-15-13(20)16-11(17)7(2)21-10-8(12(18)19)5-4-6-9(10)14/h4-7H,3H2,1-2H3,(H,18,19)(H2,15,16,17,20). The van der Waals surface area contributed by atoms with Gasteiger partial charge in [-0.1, -0.05) is 6.07 Å². The van der Waals surface area contributed by atoms with Crippen LogP contribution in [-0.2, 0) is 4.79 Å². The second kappa shape index (κ2) is 7.63. The van der Waals surface area contributed by atoms with Gasteiger partial charge < -0.3 is 15.2 Å². The first-order valence-electron chi connectivity index (χ1n) is 6.14. The molecule has 1 aromatic carbocycles. The van der Waals surface area contributed by atoms with E-state index in [0.29, 0.717) is 11.0 Å². The Morgan fingerprint density at radius 3 is 2.62 bits per heavy atom. The van der Waals surface area contributed by atoms with E-state index in [1.54, 1.807) is 19.1 Å². The highest BCUT2D eigenvalue weighted by molar-refractivity contribution is 9.10. The summed E-state index contributed by atoms with van der Waals surface area (Å²) in [6.45, 7) is 3.51. The third kappa shape index (κ3) is 4.75. The molecule has 0 heterocycles. The molecule has 21 heavy (non-hydrogen) atoms. The van der Waals surface area contributed by atoms with Gasteiger partial charge in [0.2, 0.25) is 0 Å². The van der Waals surface area contributed by atoms with E-state index >= 15 is 0 Å². The molecule has 1 rings (SSSR count). The monoisotopic (exact) mass is 358 g/mol. The molecule has 1 atom stereocenters. The number of nitrogens with one attached hydrogen (secondary N) is 2. The molecular formula is C13H15BrN2O5. The van der Waals surface area contributed by atoms with Gasteiger partial charge in [0.1, 0.15) is 11.3 Å². The predicted octanol–water partition coefficient (Wildman–Crippen LogP) is 1.76. The largest absolute Gasteiger partial charge is 0.479 e. The Morgan fingerprint density at radius 2 is 2.05 bits per heavy atom. The third-order valence-corrected chi connectivity index (χ3v) is 3.06. The number of halogens is 1. The van der Waals surface area contributed by atoms with Gasteiger partial charge in [-0.2, -0.15) is 0 Å². The third-order valence-electron chi connectivity index (χ3n) is 2.44. The fourth-order valence-corrected chi connectivity index (χ4v) is 1.91. The number of rotatable bonds is 5. The number of hydrogen-bond donors (Lipinski definition) is 3. The van der Waals surface area contributed by atoms with Crippen molar-refractivity contribution in [3.63, 3.8) is 0 Å². The quantitative estimate of drug-likeness (QED) is 0.743.